The molecule has 0 unspecified atom stereocenters. The van der Waals surface area contributed by atoms with Crippen LogP contribution in [0.4, 0.5) is 11.6 Å². The maximum atomic E-state index is 11.0. The van der Waals surface area contributed by atoms with E-state index in [1.165, 1.54) is 0 Å². The summed E-state index contributed by atoms with van der Waals surface area (Å²) in [5.41, 5.74) is 5.66. The van der Waals surface area contributed by atoms with Crippen LogP contribution in [0.25, 0.3) is 0 Å². The molecule has 1 aliphatic rings. The van der Waals surface area contributed by atoms with Gasteiger partial charge in [0.05, 0.1) is 0 Å². The monoisotopic (exact) mass is 206 g/mol. The van der Waals surface area contributed by atoms with Crippen molar-refractivity contribution < 1.29 is 9.53 Å². The van der Waals surface area contributed by atoms with E-state index in [1.807, 2.05) is 0 Å². The van der Waals surface area contributed by atoms with Crippen LogP contribution in [0.1, 0.15) is 5.82 Å². The van der Waals surface area contributed by atoms with Crippen molar-refractivity contribution in [3.05, 3.63) is 18.5 Å². The SMILES string of the molecule is C=CCc1nc(N)c2c(n1)NC(=O)CO2. The summed E-state index contributed by atoms with van der Waals surface area (Å²) in [6.45, 7) is 3.52. The van der Waals surface area contributed by atoms with Crippen molar-refractivity contribution in [3.63, 3.8) is 0 Å². The highest BCUT2D eigenvalue weighted by atomic mass is 16.5. The number of hydrogen-bond acceptors (Lipinski definition) is 5. The summed E-state index contributed by atoms with van der Waals surface area (Å²) in [6.07, 6.45) is 2.15. The molecule has 0 bridgehead atoms. The van der Waals surface area contributed by atoms with Gasteiger partial charge in [0.15, 0.2) is 18.2 Å². The molecule has 0 spiro atoms. The largest absolute Gasteiger partial charge is 0.476 e. The van der Waals surface area contributed by atoms with Gasteiger partial charge in [-0.2, -0.15) is 0 Å². The van der Waals surface area contributed by atoms with E-state index in [2.05, 4.69) is 21.9 Å². The molecule has 1 amide bonds. The molecule has 15 heavy (non-hydrogen) atoms. The highest BCUT2D eigenvalue weighted by Gasteiger charge is 2.21. The van der Waals surface area contributed by atoms with Crippen molar-refractivity contribution in [2.24, 2.45) is 0 Å². The van der Waals surface area contributed by atoms with Crippen LogP contribution in [-0.2, 0) is 11.2 Å². The Balaban J connectivity index is 2.43. The van der Waals surface area contributed by atoms with E-state index in [9.17, 15) is 4.79 Å². The van der Waals surface area contributed by atoms with E-state index < -0.39 is 0 Å². The Bertz CT molecular complexity index is 430. The van der Waals surface area contributed by atoms with Crippen molar-refractivity contribution in [3.8, 4) is 5.75 Å². The second-order valence-corrected chi connectivity index (χ2v) is 3.03. The van der Waals surface area contributed by atoms with Gasteiger partial charge in [-0.25, -0.2) is 9.97 Å². The molecule has 0 fully saturated rings. The number of aromatic nitrogens is 2. The molecule has 1 aromatic rings. The molecular weight excluding hydrogens is 196 g/mol. The van der Waals surface area contributed by atoms with Gasteiger partial charge >= 0.3 is 0 Å². The lowest BCUT2D eigenvalue weighted by molar-refractivity contribution is -0.118. The van der Waals surface area contributed by atoms with Crippen LogP contribution >= 0.6 is 0 Å². The molecule has 0 saturated heterocycles. The normalized spacial score (nSPS) is 13.7. The molecule has 0 atom stereocenters. The first-order valence-electron chi connectivity index (χ1n) is 4.40. The maximum Gasteiger partial charge on any atom is 0.263 e. The van der Waals surface area contributed by atoms with Gasteiger partial charge < -0.3 is 15.8 Å². The van der Waals surface area contributed by atoms with Gasteiger partial charge in [0.25, 0.3) is 5.91 Å². The molecule has 0 aliphatic carbocycles. The molecule has 2 heterocycles. The Kier molecular flexibility index (Phi) is 2.24. The van der Waals surface area contributed by atoms with Gasteiger partial charge in [-0.15, -0.1) is 6.58 Å². The minimum absolute atomic E-state index is 0.0542. The van der Waals surface area contributed by atoms with E-state index in [4.69, 9.17) is 10.5 Å². The van der Waals surface area contributed by atoms with Gasteiger partial charge in [0.1, 0.15) is 5.82 Å². The molecule has 0 radical (unpaired) electrons. The van der Waals surface area contributed by atoms with E-state index in [0.29, 0.717) is 23.8 Å². The lowest BCUT2D eigenvalue weighted by Crippen LogP contribution is -2.27. The number of anilines is 2. The fourth-order valence-electron chi connectivity index (χ4n) is 1.27. The molecule has 1 aliphatic heterocycles. The average molecular weight is 206 g/mol. The summed E-state index contributed by atoms with van der Waals surface area (Å²) in [7, 11) is 0. The zero-order chi connectivity index (χ0) is 10.8. The number of rotatable bonds is 2. The minimum Gasteiger partial charge on any atom is -0.476 e. The quantitative estimate of drug-likeness (QED) is 0.670. The summed E-state index contributed by atoms with van der Waals surface area (Å²) in [5.74, 6) is 1.16. The van der Waals surface area contributed by atoms with Crippen molar-refractivity contribution >= 4 is 17.5 Å². The smallest absolute Gasteiger partial charge is 0.263 e. The van der Waals surface area contributed by atoms with Crippen LogP contribution in [0, 0.1) is 0 Å². The number of hydrogen-bond donors (Lipinski definition) is 2. The second kappa shape index (κ2) is 3.56. The van der Waals surface area contributed by atoms with Crippen molar-refractivity contribution in [2.45, 2.75) is 6.42 Å². The molecule has 3 N–H and O–H groups in total. The van der Waals surface area contributed by atoms with Crippen molar-refractivity contribution in [1.82, 2.24) is 9.97 Å². The number of ether oxygens (including phenoxy) is 1. The summed E-state index contributed by atoms with van der Waals surface area (Å²) in [5, 5.41) is 2.57. The lowest BCUT2D eigenvalue weighted by Gasteiger charge is -2.18. The average Bonchev–Trinajstić information content (AvgIpc) is 2.17. The molecule has 78 valence electrons. The minimum atomic E-state index is -0.245. The lowest BCUT2D eigenvalue weighted by atomic mass is 10.3. The predicted molar refractivity (Wildman–Crippen MR) is 54.5 cm³/mol. The van der Waals surface area contributed by atoms with Crippen molar-refractivity contribution in [2.75, 3.05) is 17.7 Å². The molecule has 1 aromatic heterocycles. The van der Waals surface area contributed by atoms with Gasteiger partial charge in [-0.3, -0.25) is 4.79 Å². The molecule has 2 rings (SSSR count). The van der Waals surface area contributed by atoms with Crippen LogP contribution in [0.5, 0.6) is 5.75 Å². The third kappa shape index (κ3) is 1.74. The summed E-state index contributed by atoms with van der Waals surface area (Å²) in [6, 6.07) is 0. The Labute approximate surface area is 86.2 Å². The highest BCUT2D eigenvalue weighted by Crippen LogP contribution is 2.30. The predicted octanol–water partition coefficient (Wildman–Crippen LogP) is 0.118. The Hall–Kier alpha value is -2.11. The first-order chi connectivity index (χ1) is 7.20. The second-order valence-electron chi connectivity index (χ2n) is 3.03. The molecule has 0 aromatic carbocycles. The first-order valence-corrected chi connectivity index (χ1v) is 4.40. The number of carbonyl (C=O) groups excluding carboxylic acids is 1. The number of fused-ring (bicyclic) bond motifs is 1. The van der Waals surface area contributed by atoms with E-state index in [-0.39, 0.29) is 18.3 Å². The molecule has 6 heteroatoms. The standard InChI is InChI=1S/C9H10N4O2/c1-2-3-5-11-8(10)7-9(12-5)13-6(14)4-15-7/h2H,1,3-4H2,(H3,10,11,12,13,14). The number of nitrogen functional groups attached to an aromatic ring is 1. The number of nitrogens with two attached hydrogens (primary N) is 1. The summed E-state index contributed by atoms with van der Waals surface area (Å²) >= 11 is 0. The van der Waals surface area contributed by atoms with Crippen LogP contribution in [0.3, 0.4) is 0 Å². The third-order valence-corrected chi connectivity index (χ3v) is 1.87. The number of carbonyl (C=O) groups is 1. The van der Waals surface area contributed by atoms with E-state index in [1.54, 1.807) is 6.08 Å². The topological polar surface area (TPSA) is 90.1 Å². The maximum absolute atomic E-state index is 11.0. The van der Waals surface area contributed by atoms with E-state index in [0.717, 1.165) is 0 Å². The summed E-state index contributed by atoms with van der Waals surface area (Å²) < 4.78 is 5.11. The van der Waals surface area contributed by atoms with Crippen LogP contribution in [0.15, 0.2) is 12.7 Å². The number of nitrogens with one attached hydrogen (secondary N) is 1. The van der Waals surface area contributed by atoms with Gasteiger partial charge in [-0.1, -0.05) is 6.08 Å². The number of amides is 1. The van der Waals surface area contributed by atoms with Crippen LogP contribution in [-0.4, -0.2) is 22.5 Å². The Morgan fingerprint density at radius 1 is 1.60 bits per heavy atom. The summed E-state index contributed by atoms with van der Waals surface area (Å²) in [4.78, 5) is 19.2. The first kappa shape index (κ1) is 9.45. The molecule has 6 nitrogen and oxygen atoms in total. The fraction of sp³-hybridized carbons (Fsp3) is 0.222. The molecule has 0 saturated carbocycles. The third-order valence-electron chi connectivity index (χ3n) is 1.87. The Morgan fingerprint density at radius 2 is 2.40 bits per heavy atom. The van der Waals surface area contributed by atoms with Crippen molar-refractivity contribution in [1.29, 1.82) is 0 Å². The zero-order valence-corrected chi connectivity index (χ0v) is 7.99. The Morgan fingerprint density at radius 3 is 3.13 bits per heavy atom. The fourth-order valence-corrected chi connectivity index (χ4v) is 1.27. The van der Waals surface area contributed by atoms with Crippen LogP contribution < -0.4 is 15.8 Å². The van der Waals surface area contributed by atoms with Gasteiger partial charge in [0, 0.05) is 6.42 Å². The number of allylic oxidation sites excluding steroid dienone is 1. The molecular formula is C9H10N4O2. The van der Waals surface area contributed by atoms with E-state index >= 15 is 0 Å². The number of nitrogens with zero attached hydrogens (tertiary/aromatic N) is 2. The van der Waals surface area contributed by atoms with Crippen LogP contribution in [0.2, 0.25) is 0 Å². The van der Waals surface area contributed by atoms with Gasteiger partial charge in [-0.05, 0) is 0 Å². The highest BCUT2D eigenvalue weighted by molar-refractivity contribution is 5.95. The van der Waals surface area contributed by atoms with Gasteiger partial charge in [0.2, 0.25) is 5.75 Å². The zero-order valence-electron chi connectivity index (χ0n) is 7.99.